The lowest BCUT2D eigenvalue weighted by atomic mass is 9.99. The fourth-order valence-corrected chi connectivity index (χ4v) is 2.25. The van der Waals surface area contributed by atoms with E-state index in [0.717, 1.165) is 12.0 Å². The minimum absolute atomic E-state index is 0.0572. The van der Waals surface area contributed by atoms with Gasteiger partial charge in [-0.05, 0) is 30.5 Å². The second kappa shape index (κ2) is 5.89. The van der Waals surface area contributed by atoms with E-state index in [0.29, 0.717) is 11.4 Å². The lowest BCUT2D eigenvalue weighted by Crippen LogP contribution is -2.25. The SMILES string of the molecule is NC(Cc1ccccc1)Cc1c(O)cccc1Cl. The van der Waals surface area contributed by atoms with Crippen LogP contribution in [0.4, 0.5) is 0 Å². The van der Waals surface area contributed by atoms with Gasteiger partial charge in [-0.1, -0.05) is 48.0 Å². The van der Waals surface area contributed by atoms with Crippen molar-refractivity contribution in [3.8, 4) is 5.75 Å². The van der Waals surface area contributed by atoms with Crippen LogP contribution in [0.15, 0.2) is 48.5 Å². The lowest BCUT2D eigenvalue weighted by molar-refractivity contribution is 0.464. The molecule has 94 valence electrons. The van der Waals surface area contributed by atoms with E-state index >= 15 is 0 Å². The van der Waals surface area contributed by atoms with Gasteiger partial charge in [-0.15, -0.1) is 0 Å². The number of benzene rings is 2. The smallest absolute Gasteiger partial charge is 0.120 e. The summed E-state index contributed by atoms with van der Waals surface area (Å²) in [6.45, 7) is 0. The van der Waals surface area contributed by atoms with Gasteiger partial charge in [0, 0.05) is 16.6 Å². The van der Waals surface area contributed by atoms with Crippen molar-refractivity contribution < 1.29 is 5.11 Å². The Morgan fingerprint density at radius 2 is 1.72 bits per heavy atom. The summed E-state index contributed by atoms with van der Waals surface area (Å²) in [6, 6.07) is 15.1. The molecule has 3 heteroatoms. The van der Waals surface area contributed by atoms with Crippen molar-refractivity contribution >= 4 is 11.6 Å². The summed E-state index contributed by atoms with van der Waals surface area (Å²) in [5.41, 5.74) is 8.02. The van der Waals surface area contributed by atoms with Gasteiger partial charge in [0.1, 0.15) is 5.75 Å². The zero-order valence-electron chi connectivity index (χ0n) is 10.0. The number of halogens is 1. The molecular weight excluding hydrogens is 246 g/mol. The van der Waals surface area contributed by atoms with Gasteiger partial charge in [-0.3, -0.25) is 0 Å². The molecule has 2 rings (SSSR count). The number of nitrogens with two attached hydrogens (primary N) is 1. The number of hydrogen-bond donors (Lipinski definition) is 2. The maximum Gasteiger partial charge on any atom is 0.120 e. The summed E-state index contributed by atoms with van der Waals surface area (Å²) < 4.78 is 0. The Balaban J connectivity index is 2.06. The number of aromatic hydroxyl groups is 1. The molecule has 0 aliphatic rings. The van der Waals surface area contributed by atoms with E-state index in [1.54, 1.807) is 18.2 Å². The molecule has 0 bridgehead atoms. The highest BCUT2D eigenvalue weighted by Gasteiger charge is 2.11. The van der Waals surface area contributed by atoms with Crippen LogP contribution in [0.1, 0.15) is 11.1 Å². The average Bonchev–Trinajstić information content (AvgIpc) is 2.35. The standard InChI is InChI=1S/C15H16ClNO/c16-14-7-4-8-15(18)13(14)10-12(17)9-11-5-2-1-3-6-11/h1-8,12,18H,9-10,17H2. The van der Waals surface area contributed by atoms with E-state index in [2.05, 4.69) is 0 Å². The molecule has 2 aromatic carbocycles. The largest absolute Gasteiger partial charge is 0.508 e. The van der Waals surface area contributed by atoms with E-state index in [-0.39, 0.29) is 11.8 Å². The molecule has 2 nitrogen and oxygen atoms in total. The first-order valence-corrected chi connectivity index (χ1v) is 6.30. The first-order valence-electron chi connectivity index (χ1n) is 5.92. The molecule has 0 aliphatic heterocycles. The van der Waals surface area contributed by atoms with Crippen LogP contribution in [0.5, 0.6) is 5.75 Å². The highest BCUT2D eigenvalue weighted by molar-refractivity contribution is 6.31. The van der Waals surface area contributed by atoms with Gasteiger partial charge in [0.2, 0.25) is 0 Å². The van der Waals surface area contributed by atoms with Crippen LogP contribution >= 0.6 is 11.6 Å². The first kappa shape index (κ1) is 12.9. The quantitative estimate of drug-likeness (QED) is 0.888. The molecule has 0 saturated carbocycles. The molecule has 0 saturated heterocycles. The number of hydrogen-bond acceptors (Lipinski definition) is 2. The van der Waals surface area contributed by atoms with Crippen LogP contribution in [0.3, 0.4) is 0 Å². The number of phenolic OH excluding ortho intramolecular Hbond substituents is 1. The van der Waals surface area contributed by atoms with Crippen molar-refractivity contribution in [2.75, 3.05) is 0 Å². The van der Waals surface area contributed by atoms with E-state index in [9.17, 15) is 5.11 Å². The molecule has 2 aromatic rings. The second-order valence-electron chi connectivity index (χ2n) is 4.39. The molecule has 0 fully saturated rings. The summed E-state index contributed by atoms with van der Waals surface area (Å²) in [5.74, 6) is 0.214. The summed E-state index contributed by atoms with van der Waals surface area (Å²) in [4.78, 5) is 0. The molecule has 1 atom stereocenters. The fraction of sp³-hybridized carbons (Fsp3) is 0.200. The van der Waals surface area contributed by atoms with Crippen molar-refractivity contribution in [1.29, 1.82) is 0 Å². The maximum atomic E-state index is 9.77. The van der Waals surface area contributed by atoms with Gasteiger partial charge in [-0.25, -0.2) is 0 Å². The van der Waals surface area contributed by atoms with Crippen LogP contribution < -0.4 is 5.73 Å². The second-order valence-corrected chi connectivity index (χ2v) is 4.80. The molecule has 0 radical (unpaired) electrons. The Kier molecular flexibility index (Phi) is 4.24. The predicted molar refractivity (Wildman–Crippen MR) is 74.9 cm³/mol. The minimum Gasteiger partial charge on any atom is -0.508 e. The molecule has 0 aromatic heterocycles. The van der Waals surface area contributed by atoms with Crippen LogP contribution in [0.25, 0.3) is 0 Å². The highest BCUT2D eigenvalue weighted by atomic mass is 35.5. The normalized spacial score (nSPS) is 12.3. The predicted octanol–water partition coefficient (Wildman–Crippen LogP) is 3.16. The molecule has 18 heavy (non-hydrogen) atoms. The third kappa shape index (κ3) is 3.25. The minimum atomic E-state index is -0.0572. The molecule has 0 aliphatic carbocycles. The van der Waals surface area contributed by atoms with Crippen molar-refractivity contribution in [2.24, 2.45) is 5.73 Å². The van der Waals surface area contributed by atoms with Gasteiger partial charge >= 0.3 is 0 Å². The summed E-state index contributed by atoms with van der Waals surface area (Å²) in [6.07, 6.45) is 1.34. The molecule has 0 spiro atoms. The lowest BCUT2D eigenvalue weighted by Gasteiger charge is -2.14. The Morgan fingerprint density at radius 3 is 2.39 bits per heavy atom. The molecule has 0 heterocycles. The van der Waals surface area contributed by atoms with Gasteiger partial charge in [0.25, 0.3) is 0 Å². The monoisotopic (exact) mass is 261 g/mol. The van der Waals surface area contributed by atoms with Crippen molar-refractivity contribution in [2.45, 2.75) is 18.9 Å². The average molecular weight is 262 g/mol. The third-order valence-corrected chi connectivity index (χ3v) is 3.26. The van der Waals surface area contributed by atoms with Gasteiger partial charge in [-0.2, -0.15) is 0 Å². The zero-order chi connectivity index (χ0) is 13.0. The van der Waals surface area contributed by atoms with Crippen LogP contribution in [0, 0.1) is 0 Å². The van der Waals surface area contributed by atoms with Crippen molar-refractivity contribution in [3.05, 3.63) is 64.7 Å². The zero-order valence-corrected chi connectivity index (χ0v) is 10.8. The van der Waals surface area contributed by atoms with Crippen LogP contribution in [-0.4, -0.2) is 11.1 Å². The van der Waals surface area contributed by atoms with Crippen molar-refractivity contribution in [3.63, 3.8) is 0 Å². The van der Waals surface area contributed by atoms with Gasteiger partial charge < -0.3 is 10.8 Å². The maximum absolute atomic E-state index is 9.77. The Labute approximate surface area is 112 Å². The van der Waals surface area contributed by atoms with E-state index in [1.807, 2.05) is 30.3 Å². The Bertz CT molecular complexity index is 493. The molecule has 0 amide bonds. The first-order chi connectivity index (χ1) is 8.66. The Morgan fingerprint density at radius 1 is 1.00 bits per heavy atom. The number of phenols is 1. The molecular formula is C15H16ClNO. The van der Waals surface area contributed by atoms with Gasteiger partial charge in [0.15, 0.2) is 0 Å². The topological polar surface area (TPSA) is 46.2 Å². The highest BCUT2D eigenvalue weighted by Crippen LogP contribution is 2.26. The summed E-state index contributed by atoms with van der Waals surface area (Å²) >= 11 is 6.06. The Hall–Kier alpha value is -1.51. The van der Waals surface area contributed by atoms with Gasteiger partial charge in [0.05, 0.1) is 0 Å². The summed E-state index contributed by atoms with van der Waals surface area (Å²) in [5, 5.41) is 10.3. The van der Waals surface area contributed by atoms with E-state index < -0.39 is 0 Å². The van der Waals surface area contributed by atoms with E-state index in [4.69, 9.17) is 17.3 Å². The summed E-state index contributed by atoms with van der Waals surface area (Å²) in [7, 11) is 0. The van der Waals surface area contributed by atoms with Crippen LogP contribution in [0.2, 0.25) is 5.02 Å². The van der Waals surface area contributed by atoms with E-state index in [1.165, 1.54) is 5.56 Å². The molecule has 3 N–H and O–H groups in total. The molecule has 1 unspecified atom stereocenters. The third-order valence-electron chi connectivity index (χ3n) is 2.90. The fourth-order valence-electron chi connectivity index (χ4n) is 2.00. The number of rotatable bonds is 4. The van der Waals surface area contributed by atoms with Crippen LogP contribution in [-0.2, 0) is 12.8 Å². The van der Waals surface area contributed by atoms with Crippen molar-refractivity contribution in [1.82, 2.24) is 0 Å².